The Labute approximate surface area is 167 Å². The van der Waals surface area contributed by atoms with Crippen molar-refractivity contribution in [3.05, 3.63) is 35.9 Å². The fraction of sp³-hybridized carbons (Fsp3) is 0.632. The maximum absolute atomic E-state index is 5.97. The van der Waals surface area contributed by atoms with E-state index in [1.165, 1.54) is 18.4 Å². The van der Waals surface area contributed by atoms with E-state index >= 15 is 0 Å². The van der Waals surface area contributed by atoms with Gasteiger partial charge in [0.25, 0.3) is 0 Å². The lowest BCUT2D eigenvalue weighted by atomic mass is 9.95. The van der Waals surface area contributed by atoms with Crippen LogP contribution >= 0.6 is 24.0 Å². The summed E-state index contributed by atoms with van der Waals surface area (Å²) in [4.78, 5) is 4.39. The van der Waals surface area contributed by atoms with Crippen molar-refractivity contribution in [1.29, 1.82) is 0 Å². The summed E-state index contributed by atoms with van der Waals surface area (Å²) in [5.41, 5.74) is 1.27. The molecule has 3 aliphatic heterocycles. The van der Waals surface area contributed by atoms with E-state index in [0.29, 0.717) is 24.2 Å². The highest BCUT2D eigenvalue weighted by Gasteiger charge is 2.41. The van der Waals surface area contributed by atoms with Crippen molar-refractivity contribution in [3.63, 3.8) is 0 Å². The van der Waals surface area contributed by atoms with Crippen LogP contribution in [0.3, 0.4) is 0 Å². The molecule has 1 aromatic rings. The van der Waals surface area contributed by atoms with Crippen molar-refractivity contribution < 1.29 is 9.47 Å². The lowest BCUT2D eigenvalue weighted by molar-refractivity contribution is 0.0913. The van der Waals surface area contributed by atoms with Crippen LogP contribution in [0.5, 0.6) is 0 Å². The van der Waals surface area contributed by atoms with E-state index in [1.807, 2.05) is 7.05 Å². The Hall–Kier alpha value is -0.860. The molecule has 0 saturated carbocycles. The van der Waals surface area contributed by atoms with E-state index in [4.69, 9.17) is 9.47 Å². The second-order valence-electron chi connectivity index (χ2n) is 7.06. The topological polar surface area (TPSA) is 54.9 Å². The summed E-state index contributed by atoms with van der Waals surface area (Å²) in [5, 5.41) is 7.05. The van der Waals surface area contributed by atoms with E-state index in [2.05, 4.69) is 46.0 Å². The predicted octanol–water partition coefficient (Wildman–Crippen LogP) is 2.87. The van der Waals surface area contributed by atoms with Crippen LogP contribution < -0.4 is 10.6 Å². The second kappa shape index (κ2) is 8.68. The van der Waals surface area contributed by atoms with Crippen LogP contribution in [0.15, 0.2) is 35.3 Å². The largest absolute Gasteiger partial charge is 0.373 e. The first-order valence-electron chi connectivity index (χ1n) is 9.12. The highest BCUT2D eigenvalue weighted by Crippen LogP contribution is 2.35. The molecule has 25 heavy (non-hydrogen) atoms. The molecular formula is C19H28IN3O2. The van der Waals surface area contributed by atoms with Gasteiger partial charge < -0.3 is 20.1 Å². The molecule has 0 amide bonds. The number of rotatable bonds is 4. The summed E-state index contributed by atoms with van der Waals surface area (Å²) in [6.45, 7) is 1.71. The molecule has 2 N–H and O–H groups in total. The normalized spacial score (nSPS) is 34.0. The molecule has 3 heterocycles. The van der Waals surface area contributed by atoms with Crippen LogP contribution in [0.4, 0.5) is 0 Å². The average molecular weight is 457 g/mol. The van der Waals surface area contributed by atoms with Gasteiger partial charge in [-0.1, -0.05) is 30.3 Å². The molecule has 5 nitrogen and oxygen atoms in total. The van der Waals surface area contributed by atoms with E-state index in [9.17, 15) is 0 Å². The SMILES string of the molecule is CN=C(NCC1CCOC1c1ccccc1)NC1CC2CCC1O2.I. The molecule has 4 rings (SSSR count). The molecule has 0 spiro atoms. The number of guanidine groups is 1. The molecule has 3 saturated heterocycles. The van der Waals surface area contributed by atoms with Gasteiger partial charge in [0.1, 0.15) is 0 Å². The maximum atomic E-state index is 5.97. The fourth-order valence-electron chi connectivity index (χ4n) is 4.24. The molecule has 138 valence electrons. The maximum Gasteiger partial charge on any atom is 0.191 e. The van der Waals surface area contributed by atoms with Crippen LogP contribution in [0, 0.1) is 5.92 Å². The van der Waals surface area contributed by atoms with Gasteiger partial charge in [0.05, 0.1) is 24.4 Å². The highest BCUT2D eigenvalue weighted by atomic mass is 127. The van der Waals surface area contributed by atoms with Crippen molar-refractivity contribution in [2.45, 2.75) is 50.0 Å². The summed E-state index contributed by atoms with van der Waals surface area (Å²) in [5.74, 6) is 1.36. The zero-order valence-electron chi connectivity index (χ0n) is 14.7. The summed E-state index contributed by atoms with van der Waals surface area (Å²) < 4.78 is 11.9. The minimum absolute atomic E-state index is 0. The lowest BCUT2D eigenvalue weighted by Crippen LogP contribution is -2.48. The van der Waals surface area contributed by atoms with Gasteiger partial charge in [0.2, 0.25) is 0 Å². The Balaban J connectivity index is 0.00000182. The molecule has 3 aliphatic rings. The molecule has 0 aliphatic carbocycles. The fourth-order valence-corrected chi connectivity index (χ4v) is 4.24. The van der Waals surface area contributed by atoms with Crippen LogP contribution in [0.2, 0.25) is 0 Å². The van der Waals surface area contributed by atoms with Gasteiger partial charge in [-0.2, -0.15) is 0 Å². The van der Waals surface area contributed by atoms with Crippen LogP contribution in [0.1, 0.15) is 37.4 Å². The van der Waals surface area contributed by atoms with Crippen molar-refractivity contribution >= 4 is 29.9 Å². The Kier molecular flexibility index (Phi) is 6.57. The van der Waals surface area contributed by atoms with Gasteiger partial charge in [0.15, 0.2) is 5.96 Å². The average Bonchev–Trinajstić information content (AvgIpc) is 3.35. The number of nitrogens with zero attached hydrogens (tertiary/aromatic N) is 1. The zero-order chi connectivity index (χ0) is 16.4. The third-order valence-electron chi connectivity index (χ3n) is 5.53. The lowest BCUT2D eigenvalue weighted by Gasteiger charge is -2.24. The van der Waals surface area contributed by atoms with E-state index in [1.54, 1.807) is 0 Å². The number of aliphatic imine (C=N–C) groups is 1. The summed E-state index contributed by atoms with van der Waals surface area (Å²) in [6, 6.07) is 10.9. The second-order valence-corrected chi connectivity index (χ2v) is 7.06. The van der Waals surface area contributed by atoms with Gasteiger partial charge in [-0.05, 0) is 31.2 Å². The van der Waals surface area contributed by atoms with Gasteiger partial charge in [0, 0.05) is 26.1 Å². The molecule has 1 aromatic carbocycles. The van der Waals surface area contributed by atoms with Gasteiger partial charge >= 0.3 is 0 Å². The first kappa shape index (κ1) is 18.9. The van der Waals surface area contributed by atoms with Crippen LogP contribution in [-0.2, 0) is 9.47 Å². The monoisotopic (exact) mass is 457 g/mol. The van der Waals surface area contributed by atoms with Crippen molar-refractivity contribution in [3.8, 4) is 0 Å². The van der Waals surface area contributed by atoms with Crippen molar-refractivity contribution in [2.75, 3.05) is 20.2 Å². The summed E-state index contributed by atoms with van der Waals surface area (Å²) in [6.07, 6.45) is 5.57. The van der Waals surface area contributed by atoms with Crippen LogP contribution in [0.25, 0.3) is 0 Å². The summed E-state index contributed by atoms with van der Waals surface area (Å²) >= 11 is 0. The van der Waals surface area contributed by atoms with Crippen LogP contribution in [-0.4, -0.2) is 44.4 Å². The molecular weight excluding hydrogens is 429 g/mol. The molecule has 3 fully saturated rings. The molecule has 5 atom stereocenters. The van der Waals surface area contributed by atoms with E-state index in [-0.39, 0.29) is 30.1 Å². The van der Waals surface area contributed by atoms with E-state index < -0.39 is 0 Å². The molecule has 6 heteroatoms. The van der Waals surface area contributed by atoms with Crippen molar-refractivity contribution in [1.82, 2.24) is 10.6 Å². The highest BCUT2D eigenvalue weighted by molar-refractivity contribution is 14.0. The van der Waals surface area contributed by atoms with Gasteiger partial charge in [-0.3, -0.25) is 4.99 Å². The standard InChI is InChI=1S/C19H27N3O2.HI/c1-20-19(22-16-11-15-7-8-17(16)24-15)21-12-14-9-10-23-18(14)13-5-3-2-4-6-13;/h2-6,14-18H,7-12H2,1H3,(H2,20,21,22);1H. The molecule has 5 unspecified atom stereocenters. The van der Waals surface area contributed by atoms with Gasteiger partial charge in [-0.25, -0.2) is 0 Å². The molecule has 0 aromatic heterocycles. The zero-order valence-corrected chi connectivity index (χ0v) is 17.0. The number of benzene rings is 1. The van der Waals surface area contributed by atoms with Crippen molar-refractivity contribution in [2.24, 2.45) is 10.9 Å². The number of fused-ring (bicyclic) bond motifs is 2. The first-order chi connectivity index (χ1) is 11.8. The smallest absolute Gasteiger partial charge is 0.191 e. The number of halogens is 1. The Bertz CT molecular complexity index is 583. The third kappa shape index (κ3) is 4.28. The predicted molar refractivity (Wildman–Crippen MR) is 109 cm³/mol. The minimum Gasteiger partial charge on any atom is -0.373 e. The number of hydrogen-bond donors (Lipinski definition) is 2. The first-order valence-corrected chi connectivity index (χ1v) is 9.12. The Morgan fingerprint density at radius 2 is 2.04 bits per heavy atom. The Morgan fingerprint density at radius 1 is 1.20 bits per heavy atom. The molecule has 2 bridgehead atoms. The van der Waals surface area contributed by atoms with Gasteiger partial charge in [-0.15, -0.1) is 24.0 Å². The molecule has 0 radical (unpaired) electrons. The number of nitrogens with one attached hydrogen (secondary N) is 2. The quantitative estimate of drug-likeness (QED) is 0.415. The number of ether oxygens (including phenoxy) is 2. The third-order valence-corrected chi connectivity index (χ3v) is 5.53. The number of hydrogen-bond acceptors (Lipinski definition) is 3. The van der Waals surface area contributed by atoms with E-state index in [0.717, 1.165) is 32.0 Å². The minimum atomic E-state index is 0. The summed E-state index contributed by atoms with van der Waals surface area (Å²) in [7, 11) is 1.84. The Morgan fingerprint density at radius 3 is 2.72 bits per heavy atom.